The quantitative estimate of drug-likeness (QED) is 0.399. The molecule has 0 amide bonds. The lowest BCUT2D eigenvalue weighted by molar-refractivity contribution is 0.0445. The van der Waals surface area contributed by atoms with Crippen LogP contribution in [-0.4, -0.2) is 36.5 Å². The number of aromatic nitrogens is 1. The van der Waals surface area contributed by atoms with E-state index in [2.05, 4.69) is 14.6 Å². The fourth-order valence-corrected chi connectivity index (χ4v) is 6.89. The predicted molar refractivity (Wildman–Crippen MR) is 132 cm³/mol. The predicted octanol–water partition coefficient (Wildman–Crippen LogP) is 5.96. The van der Waals surface area contributed by atoms with Crippen molar-refractivity contribution in [1.82, 2.24) is 9.88 Å². The van der Waals surface area contributed by atoms with E-state index in [1.165, 1.54) is 29.5 Å². The molecule has 2 bridgehead atoms. The van der Waals surface area contributed by atoms with Gasteiger partial charge in [-0.15, -0.1) is 11.3 Å². The Bertz CT molecular complexity index is 1280. The van der Waals surface area contributed by atoms with Crippen LogP contribution < -0.4 is 9.46 Å². The highest BCUT2D eigenvalue weighted by atomic mass is 35.5. The monoisotopic (exact) mass is 541 g/mol. The number of anilines is 1. The average molecular weight is 542 g/mol. The van der Waals surface area contributed by atoms with Crippen LogP contribution >= 0.6 is 34.5 Å². The molecule has 2 saturated heterocycles. The summed E-state index contributed by atoms with van der Waals surface area (Å²) in [6.45, 7) is 0.724. The molecule has 0 aliphatic carbocycles. The third-order valence-corrected chi connectivity index (χ3v) is 8.89. The number of ether oxygens (including phenoxy) is 1. The van der Waals surface area contributed by atoms with Gasteiger partial charge in [0.1, 0.15) is 17.7 Å². The number of nitrogens with zero attached hydrogens (tertiary/aromatic N) is 2. The van der Waals surface area contributed by atoms with Gasteiger partial charge in [0.05, 0.1) is 20.5 Å². The van der Waals surface area contributed by atoms with Gasteiger partial charge >= 0.3 is 0 Å². The molecular weight excluding hydrogens is 520 g/mol. The first kappa shape index (κ1) is 23.8. The van der Waals surface area contributed by atoms with E-state index in [4.69, 9.17) is 27.9 Å². The van der Waals surface area contributed by atoms with E-state index in [1.54, 1.807) is 29.1 Å². The molecule has 2 aliphatic rings. The number of fused-ring (bicyclic) bond motifs is 2. The van der Waals surface area contributed by atoms with Crippen molar-refractivity contribution >= 4 is 50.4 Å². The maximum Gasteiger partial charge on any atom is 0.263 e. The van der Waals surface area contributed by atoms with Crippen molar-refractivity contribution in [2.45, 2.75) is 55.3 Å². The second-order valence-electron chi connectivity index (χ2n) is 8.59. The maximum absolute atomic E-state index is 13.5. The Morgan fingerprint density at radius 3 is 2.53 bits per heavy atom. The lowest BCUT2D eigenvalue weighted by Crippen LogP contribution is -2.45. The van der Waals surface area contributed by atoms with E-state index in [0.717, 1.165) is 37.8 Å². The highest BCUT2D eigenvalue weighted by molar-refractivity contribution is 7.92. The zero-order chi connectivity index (χ0) is 23.9. The van der Waals surface area contributed by atoms with Crippen LogP contribution in [0, 0.1) is 5.82 Å². The standard InChI is InChI=1S/C23H22Cl2FN3O3S2/c24-19-7-14(1-5-21(19)26)11-29-15-2-3-16(29)9-17(8-15)32-22-6-4-18(10-20(22)25)34(30,31)28-23-12-33-13-27-23/h1,4-7,10,12-13,15-17,28H,2-3,8-9,11H2/t15-,16-/m0/s1. The summed E-state index contributed by atoms with van der Waals surface area (Å²) in [7, 11) is -3.79. The highest BCUT2D eigenvalue weighted by Gasteiger charge is 2.41. The molecule has 0 radical (unpaired) electrons. The topological polar surface area (TPSA) is 71.5 Å². The van der Waals surface area contributed by atoms with Crippen molar-refractivity contribution in [3.63, 3.8) is 0 Å². The number of thiazole rings is 1. The number of rotatable bonds is 7. The summed E-state index contributed by atoms with van der Waals surface area (Å²) in [5, 5.41) is 2.00. The van der Waals surface area contributed by atoms with Crippen LogP contribution in [0.4, 0.5) is 10.2 Å². The van der Waals surface area contributed by atoms with Gasteiger partial charge in [-0.05, 0) is 61.6 Å². The van der Waals surface area contributed by atoms with Gasteiger partial charge in [0.2, 0.25) is 0 Å². The fraction of sp³-hybridized carbons (Fsp3) is 0.348. The third-order valence-electron chi connectivity index (χ3n) is 6.37. The smallest absolute Gasteiger partial charge is 0.263 e. The summed E-state index contributed by atoms with van der Waals surface area (Å²) >= 11 is 13.7. The van der Waals surface area contributed by atoms with E-state index in [9.17, 15) is 12.8 Å². The zero-order valence-corrected chi connectivity index (χ0v) is 21.1. The molecule has 34 heavy (non-hydrogen) atoms. The number of hydrogen-bond acceptors (Lipinski definition) is 6. The van der Waals surface area contributed by atoms with Crippen molar-refractivity contribution in [3.05, 3.63) is 68.7 Å². The fourth-order valence-electron chi connectivity index (χ4n) is 4.81. The second kappa shape index (κ2) is 9.62. The van der Waals surface area contributed by atoms with E-state index >= 15 is 0 Å². The first-order valence-corrected chi connectivity index (χ1v) is 14.0. The summed E-state index contributed by atoms with van der Waals surface area (Å²) in [5.74, 6) is 0.333. The maximum atomic E-state index is 13.5. The summed E-state index contributed by atoms with van der Waals surface area (Å²) < 4.78 is 47.3. The molecule has 2 atom stereocenters. The molecule has 6 nitrogen and oxygen atoms in total. The van der Waals surface area contributed by atoms with E-state index in [-0.39, 0.29) is 26.9 Å². The Morgan fingerprint density at radius 1 is 1.12 bits per heavy atom. The SMILES string of the molecule is O=S(=O)(Nc1cscn1)c1ccc(OC2C[C@@H]3CC[C@@H](C2)N3Cc2ccc(F)c(Cl)c2)c(Cl)c1. The van der Waals surface area contributed by atoms with E-state index < -0.39 is 15.8 Å². The number of sulfonamides is 1. The second-order valence-corrected chi connectivity index (χ2v) is 11.8. The highest BCUT2D eigenvalue weighted by Crippen LogP contribution is 2.39. The minimum Gasteiger partial charge on any atom is -0.489 e. The van der Waals surface area contributed by atoms with Crippen LogP contribution in [0.25, 0.3) is 0 Å². The average Bonchev–Trinajstić information content (AvgIpc) is 3.37. The molecule has 0 saturated carbocycles. The first-order valence-electron chi connectivity index (χ1n) is 10.9. The van der Waals surface area contributed by atoms with Gasteiger partial charge in [-0.3, -0.25) is 9.62 Å². The lowest BCUT2D eigenvalue weighted by atomic mass is 9.98. The van der Waals surface area contributed by atoms with Crippen LogP contribution in [0.2, 0.25) is 10.0 Å². The van der Waals surface area contributed by atoms with Crippen molar-refractivity contribution < 1.29 is 17.5 Å². The van der Waals surface area contributed by atoms with E-state index in [1.807, 2.05) is 0 Å². The molecule has 3 heterocycles. The Labute approximate surface area is 211 Å². The number of halogens is 3. The molecule has 2 fully saturated rings. The van der Waals surface area contributed by atoms with Crippen molar-refractivity contribution in [1.29, 1.82) is 0 Å². The van der Waals surface area contributed by atoms with E-state index in [0.29, 0.717) is 17.8 Å². The van der Waals surface area contributed by atoms with Crippen LogP contribution in [0.15, 0.2) is 52.2 Å². The molecule has 0 unspecified atom stereocenters. The van der Waals surface area contributed by atoms with Crippen molar-refractivity contribution in [3.8, 4) is 5.75 Å². The van der Waals surface area contributed by atoms with Crippen molar-refractivity contribution in [2.75, 3.05) is 4.72 Å². The summed E-state index contributed by atoms with van der Waals surface area (Å²) in [6.07, 6.45) is 3.82. The van der Waals surface area contributed by atoms with Crippen LogP contribution in [0.1, 0.15) is 31.2 Å². The van der Waals surface area contributed by atoms with Gasteiger partial charge < -0.3 is 4.74 Å². The van der Waals surface area contributed by atoms with Crippen LogP contribution in [0.3, 0.4) is 0 Å². The normalized spacial score (nSPS) is 22.6. The van der Waals surface area contributed by atoms with Gasteiger partial charge in [0.25, 0.3) is 10.0 Å². The van der Waals surface area contributed by atoms with Gasteiger partial charge in [-0.1, -0.05) is 29.3 Å². The van der Waals surface area contributed by atoms with Gasteiger partial charge in [0.15, 0.2) is 5.82 Å². The third kappa shape index (κ3) is 5.04. The summed E-state index contributed by atoms with van der Waals surface area (Å²) in [4.78, 5) is 6.44. The Morgan fingerprint density at radius 2 is 1.88 bits per heavy atom. The van der Waals surface area contributed by atoms with Crippen molar-refractivity contribution in [2.24, 2.45) is 0 Å². The molecule has 2 aromatic carbocycles. The number of piperidine rings is 1. The Hall–Kier alpha value is -1.91. The molecule has 0 spiro atoms. The Kier molecular flexibility index (Phi) is 6.74. The number of hydrogen-bond donors (Lipinski definition) is 1. The largest absolute Gasteiger partial charge is 0.489 e. The van der Waals surface area contributed by atoms with Crippen LogP contribution in [0.5, 0.6) is 5.75 Å². The first-order chi connectivity index (χ1) is 16.3. The number of benzene rings is 2. The molecule has 1 N–H and O–H groups in total. The van der Waals surface area contributed by atoms with Gasteiger partial charge in [-0.25, -0.2) is 17.8 Å². The zero-order valence-electron chi connectivity index (χ0n) is 18.0. The van der Waals surface area contributed by atoms with Gasteiger partial charge in [-0.2, -0.15) is 0 Å². The molecule has 180 valence electrons. The minimum atomic E-state index is -3.79. The summed E-state index contributed by atoms with van der Waals surface area (Å²) in [6, 6.07) is 10.1. The molecule has 3 aromatic rings. The summed E-state index contributed by atoms with van der Waals surface area (Å²) in [5.41, 5.74) is 2.54. The van der Waals surface area contributed by atoms with Gasteiger partial charge in [0, 0.05) is 24.0 Å². The number of nitrogens with one attached hydrogen (secondary N) is 1. The molecule has 5 rings (SSSR count). The lowest BCUT2D eigenvalue weighted by Gasteiger charge is -2.39. The molecule has 1 aromatic heterocycles. The minimum absolute atomic E-state index is 0.0151. The molecular formula is C23H22Cl2FN3O3S2. The Balaban J connectivity index is 1.24. The molecule has 2 aliphatic heterocycles. The van der Waals surface area contributed by atoms with Crippen LogP contribution in [-0.2, 0) is 16.6 Å². The molecule has 11 heteroatoms.